The van der Waals surface area contributed by atoms with Gasteiger partial charge < -0.3 is 9.84 Å². The molecule has 0 saturated heterocycles. The van der Waals surface area contributed by atoms with Gasteiger partial charge in [0.2, 0.25) is 0 Å². The summed E-state index contributed by atoms with van der Waals surface area (Å²) in [4.78, 5) is 12.1. The SMILES string of the molecule is O=C(OCc1ccccc1)c1ccc2ccccc2c1O. The number of carbonyl (C=O) groups is 1. The van der Waals surface area contributed by atoms with Crippen molar-refractivity contribution in [2.45, 2.75) is 6.61 Å². The van der Waals surface area contributed by atoms with Crippen LogP contribution >= 0.6 is 0 Å². The van der Waals surface area contributed by atoms with Gasteiger partial charge in [-0.3, -0.25) is 0 Å². The van der Waals surface area contributed by atoms with Gasteiger partial charge in [0.15, 0.2) is 0 Å². The van der Waals surface area contributed by atoms with Crippen LogP contribution < -0.4 is 0 Å². The molecule has 3 nitrogen and oxygen atoms in total. The van der Waals surface area contributed by atoms with Crippen molar-refractivity contribution in [3.05, 3.63) is 77.9 Å². The summed E-state index contributed by atoms with van der Waals surface area (Å²) >= 11 is 0. The normalized spacial score (nSPS) is 10.5. The van der Waals surface area contributed by atoms with Crippen molar-refractivity contribution in [2.24, 2.45) is 0 Å². The number of hydrogen-bond acceptors (Lipinski definition) is 3. The Morgan fingerprint density at radius 3 is 2.43 bits per heavy atom. The number of hydrogen-bond donors (Lipinski definition) is 1. The van der Waals surface area contributed by atoms with Gasteiger partial charge in [-0.15, -0.1) is 0 Å². The number of phenolic OH excluding ortho intramolecular Hbond substituents is 1. The van der Waals surface area contributed by atoms with E-state index in [0.29, 0.717) is 5.39 Å². The first-order valence-electron chi connectivity index (χ1n) is 6.67. The molecule has 3 aromatic rings. The van der Waals surface area contributed by atoms with E-state index in [4.69, 9.17) is 4.74 Å². The van der Waals surface area contributed by atoms with Gasteiger partial charge in [0.25, 0.3) is 0 Å². The quantitative estimate of drug-likeness (QED) is 0.739. The largest absolute Gasteiger partial charge is 0.506 e. The molecule has 0 aliphatic rings. The van der Waals surface area contributed by atoms with Crippen LogP contribution in [-0.4, -0.2) is 11.1 Å². The highest BCUT2D eigenvalue weighted by Crippen LogP contribution is 2.29. The molecule has 3 rings (SSSR count). The van der Waals surface area contributed by atoms with E-state index in [1.165, 1.54) is 0 Å². The summed E-state index contributed by atoms with van der Waals surface area (Å²) in [5.41, 5.74) is 1.09. The zero-order valence-corrected chi connectivity index (χ0v) is 11.3. The highest BCUT2D eigenvalue weighted by atomic mass is 16.5. The minimum atomic E-state index is -0.526. The van der Waals surface area contributed by atoms with E-state index in [9.17, 15) is 9.90 Å². The van der Waals surface area contributed by atoms with Crippen LogP contribution in [0.1, 0.15) is 15.9 Å². The molecule has 21 heavy (non-hydrogen) atoms. The second-order valence-electron chi connectivity index (χ2n) is 4.74. The summed E-state index contributed by atoms with van der Waals surface area (Å²) in [5, 5.41) is 11.7. The van der Waals surface area contributed by atoms with E-state index in [-0.39, 0.29) is 17.9 Å². The van der Waals surface area contributed by atoms with Crippen molar-refractivity contribution >= 4 is 16.7 Å². The topological polar surface area (TPSA) is 46.5 Å². The molecule has 0 amide bonds. The molecule has 0 fully saturated rings. The summed E-state index contributed by atoms with van der Waals surface area (Å²) in [6.45, 7) is 0.186. The van der Waals surface area contributed by atoms with Gasteiger partial charge in [-0.1, -0.05) is 60.7 Å². The third-order valence-electron chi connectivity index (χ3n) is 3.33. The van der Waals surface area contributed by atoms with Crippen molar-refractivity contribution in [3.8, 4) is 5.75 Å². The highest BCUT2D eigenvalue weighted by molar-refractivity contribution is 6.01. The molecule has 0 aliphatic heterocycles. The van der Waals surface area contributed by atoms with E-state index >= 15 is 0 Å². The average molecular weight is 278 g/mol. The minimum Gasteiger partial charge on any atom is -0.506 e. The molecular formula is C18H14O3. The summed E-state index contributed by atoms with van der Waals surface area (Å²) in [5.74, 6) is -0.562. The maximum absolute atomic E-state index is 12.1. The number of ether oxygens (including phenoxy) is 1. The Morgan fingerprint density at radius 2 is 1.62 bits per heavy atom. The molecular weight excluding hydrogens is 264 g/mol. The van der Waals surface area contributed by atoms with Crippen molar-refractivity contribution in [1.29, 1.82) is 0 Å². The van der Waals surface area contributed by atoms with Gasteiger partial charge >= 0.3 is 5.97 Å². The minimum absolute atomic E-state index is 0.0360. The lowest BCUT2D eigenvalue weighted by Crippen LogP contribution is -2.05. The summed E-state index contributed by atoms with van der Waals surface area (Å²) in [6.07, 6.45) is 0. The number of rotatable bonds is 3. The predicted octanol–water partition coefficient (Wildman–Crippen LogP) is 3.90. The van der Waals surface area contributed by atoms with Crippen LogP contribution in [-0.2, 0) is 11.3 Å². The van der Waals surface area contributed by atoms with Gasteiger partial charge in [0.05, 0.1) is 0 Å². The molecule has 0 bridgehead atoms. The molecule has 0 aromatic heterocycles. The molecule has 0 atom stereocenters. The number of fused-ring (bicyclic) bond motifs is 1. The maximum Gasteiger partial charge on any atom is 0.342 e. The molecule has 3 heteroatoms. The Labute approximate surface area is 122 Å². The Hall–Kier alpha value is -2.81. The molecule has 0 heterocycles. The van der Waals surface area contributed by atoms with Crippen LogP contribution in [0.4, 0.5) is 0 Å². The van der Waals surface area contributed by atoms with E-state index in [1.807, 2.05) is 48.5 Å². The molecule has 0 radical (unpaired) electrons. The molecule has 1 N–H and O–H groups in total. The third-order valence-corrected chi connectivity index (χ3v) is 3.33. The second-order valence-corrected chi connectivity index (χ2v) is 4.74. The van der Waals surface area contributed by atoms with Crippen LogP contribution in [0, 0.1) is 0 Å². The van der Waals surface area contributed by atoms with Crippen molar-refractivity contribution in [1.82, 2.24) is 0 Å². The zero-order chi connectivity index (χ0) is 14.7. The van der Waals surface area contributed by atoms with Gasteiger partial charge in [-0.25, -0.2) is 4.79 Å². The summed E-state index contributed by atoms with van der Waals surface area (Å²) in [7, 11) is 0. The van der Waals surface area contributed by atoms with Gasteiger partial charge in [0, 0.05) is 5.39 Å². The Kier molecular flexibility index (Phi) is 3.56. The van der Waals surface area contributed by atoms with Crippen molar-refractivity contribution in [3.63, 3.8) is 0 Å². The average Bonchev–Trinajstić information content (AvgIpc) is 2.54. The van der Waals surface area contributed by atoms with Crippen LogP contribution in [0.2, 0.25) is 0 Å². The first-order chi connectivity index (χ1) is 10.3. The smallest absolute Gasteiger partial charge is 0.342 e. The van der Waals surface area contributed by atoms with Gasteiger partial charge in [-0.05, 0) is 17.0 Å². The van der Waals surface area contributed by atoms with Crippen LogP contribution in [0.3, 0.4) is 0 Å². The monoisotopic (exact) mass is 278 g/mol. The Bertz CT molecular complexity index is 779. The number of carbonyl (C=O) groups excluding carboxylic acids is 1. The zero-order valence-electron chi connectivity index (χ0n) is 11.3. The van der Waals surface area contributed by atoms with Crippen molar-refractivity contribution in [2.75, 3.05) is 0 Å². The number of esters is 1. The fourth-order valence-electron chi connectivity index (χ4n) is 2.22. The highest BCUT2D eigenvalue weighted by Gasteiger charge is 2.15. The lowest BCUT2D eigenvalue weighted by atomic mass is 10.1. The molecule has 104 valence electrons. The Balaban J connectivity index is 1.83. The molecule has 0 saturated carbocycles. The molecule has 3 aromatic carbocycles. The number of benzene rings is 3. The van der Waals surface area contributed by atoms with E-state index < -0.39 is 5.97 Å². The molecule has 0 unspecified atom stereocenters. The van der Waals surface area contributed by atoms with Crippen LogP contribution in [0.15, 0.2) is 66.7 Å². The van der Waals surface area contributed by atoms with Crippen LogP contribution in [0.25, 0.3) is 10.8 Å². The van der Waals surface area contributed by atoms with Gasteiger partial charge in [-0.2, -0.15) is 0 Å². The predicted molar refractivity (Wildman–Crippen MR) is 81.2 cm³/mol. The molecule has 0 aliphatic carbocycles. The standard InChI is InChI=1S/C18H14O3/c19-17-15-9-5-4-8-14(15)10-11-16(17)18(20)21-12-13-6-2-1-3-7-13/h1-11,19H,12H2. The van der Waals surface area contributed by atoms with Gasteiger partial charge in [0.1, 0.15) is 17.9 Å². The van der Waals surface area contributed by atoms with Crippen LogP contribution in [0.5, 0.6) is 5.75 Å². The van der Waals surface area contributed by atoms with E-state index in [2.05, 4.69) is 0 Å². The first-order valence-corrected chi connectivity index (χ1v) is 6.67. The van der Waals surface area contributed by atoms with E-state index in [0.717, 1.165) is 10.9 Å². The summed E-state index contributed by atoms with van der Waals surface area (Å²) in [6, 6.07) is 20.2. The number of aromatic hydroxyl groups is 1. The molecule has 0 spiro atoms. The fourth-order valence-corrected chi connectivity index (χ4v) is 2.22. The third kappa shape index (κ3) is 2.72. The summed E-state index contributed by atoms with van der Waals surface area (Å²) < 4.78 is 5.24. The lowest BCUT2D eigenvalue weighted by Gasteiger charge is -2.08. The first kappa shape index (κ1) is 13.2. The fraction of sp³-hybridized carbons (Fsp3) is 0.0556. The second kappa shape index (κ2) is 5.67. The lowest BCUT2D eigenvalue weighted by molar-refractivity contribution is 0.0470. The van der Waals surface area contributed by atoms with E-state index in [1.54, 1.807) is 18.2 Å². The van der Waals surface area contributed by atoms with Crippen molar-refractivity contribution < 1.29 is 14.6 Å². The number of phenols is 1. The maximum atomic E-state index is 12.1. The Morgan fingerprint density at radius 1 is 0.905 bits per heavy atom.